The van der Waals surface area contributed by atoms with Crippen molar-refractivity contribution in [3.63, 3.8) is 0 Å². The van der Waals surface area contributed by atoms with Crippen LogP contribution < -0.4 is 0 Å². The van der Waals surface area contributed by atoms with E-state index in [9.17, 15) is 0 Å². The van der Waals surface area contributed by atoms with Crippen LogP contribution in [0.5, 0.6) is 0 Å². The van der Waals surface area contributed by atoms with Crippen LogP contribution in [0, 0.1) is 6.08 Å². The van der Waals surface area contributed by atoms with E-state index in [4.69, 9.17) is 16.3 Å². The lowest BCUT2D eigenvalue weighted by molar-refractivity contribution is 0.245. The number of ether oxygens (including phenoxy) is 1. The van der Waals surface area contributed by atoms with Crippen molar-refractivity contribution in [1.82, 2.24) is 25.0 Å². The molecule has 8 heteroatoms. The molecule has 0 aliphatic heterocycles. The standard InChI is InChI=1S/C12H8BrClN5O/c13-5-6-20-9-3-1-8(2-4-9)19-11-10(17-18-19)7-15-12(14)16-11/h1-3,7H,5-6H2/q+1. The summed E-state index contributed by atoms with van der Waals surface area (Å²) in [6.07, 6.45) is 9.99. The second kappa shape index (κ2) is 5.66. The first kappa shape index (κ1) is 13.2. The fraction of sp³-hybridized carbons (Fsp3) is 0.167. The molecule has 1 aliphatic carbocycles. The Morgan fingerprint density at radius 2 is 2.30 bits per heavy atom. The Bertz CT molecular complexity index is 737. The minimum Gasteiger partial charge on any atom is -0.464 e. The van der Waals surface area contributed by atoms with Crippen molar-refractivity contribution in [2.45, 2.75) is 0 Å². The van der Waals surface area contributed by atoms with E-state index < -0.39 is 0 Å². The quantitative estimate of drug-likeness (QED) is 0.480. The number of nitrogens with zero attached hydrogens (tertiary/aromatic N) is 5. The van der Waals surface area contributed by atoms with Gasteiger partial charge in [-0.25, -0.2) is 4.98 Å². The third kappa shape index (κ3) is 2.56. The van der Waals surface area contributed by atoms with Crippen molar-refractivity contribution >= 4 is 44.4 Å². The number of allylic oxidation sites excluding steroid dienone is 5. The Labute approximate surface area is 127 Å². The number of alkyl halides is 1. The van der Waals surface area contributed by atoms with E-state index in [1.807, 2.05) is 12.2 Å². The van der Waals surface area contributed by atoms with E-state index in [1.165, 1.54) is 6.20 Å². The fourth-order valence-electron chi connectivity index (χ4n) is 1.65. The molecule has 0 spiro atoms. The average molecular weight is 354 g/mol. The average Bonchev–Trinajstić information content (AvgIpc) is 2.88. The summed E-state index contributed by atoms with van der Waals surface area (Å²) in [5.41, 5.74) is 1.90. The maximum atomic E-state index is 5.79. The van der Waals surface area contributed by atoms with Gasteiger partial charge in [0.15, 0.2) is 11.2 Å². The lowest BCUT2D eigenvalue weighted by Crippen LogP contribution is -2.02. The molecule has 0 bridgehead atoms. The highest BCUT2D eigenvalue weighted by Crippen LogP contribution is 2.18. The topological polar surface area (TPSA) is 65.7 Å². The summed E-state index contributed by atoms with van der Waals surface area (Å²) in [5.74, 6) is 0.672. The van der Waals surface area contributed by atoms with Gasteiger partial charge in [0.25, 0.3) is 5.76 Å². The molecule has 3 rings (SSSR count). The molecular weight excluding hydrogens is 346 g/mol. The lowest BCUT2D eigenvalue weighted by atomic mass is 10.2. The minimum atomic E-state index is 0.155. The Hall–Kier alpha value is -1.82. The van der Waals surface area contributed by atoms with Gasteiger partial charge in [0.2, 0.25) is 10.9 Å². The molecule has 0 saturated carbocycles. The zero-order valence-corrected chi connectivity index (χ0v) is 12.5. The largest absolute Gasteiger partial charge is 0.464 e. The van der Waals surface area contributed by atoms with Gasteiger partial charge in [-0.05, 0) is 16.8 Å². The van der Waals surface area contributed by atoms with Crippen LogP contribution in [0.2, 0.25) is 5.28 Å². The number of aromatic nitrogens is 5. The summed E-state index contributed by atoms with van der Waals surface area (Å²) < 4.78 is 7.02. The van der Waals surface area contributed by atoms with Crippen LogP contribution in [0.15, 0.2) is 30.2 Å². The first-order valence-electron chi connectivity index (χ1n) is 5.73. The van der Waals surface area contributed by atoms with E-state index in [0.29, 0.717) is 23.5 Å². The molecule has 6 nitrogen and oxygen atoms in total. The van der Waals surface area contributed by atoms with Gasteiger partial charge in [-0.3, -0.25) is 0 Å². The van der Waals surface area contributed by atoms with E-state index in [1.54, 1.807) is 10.8 Å². The molecule has 2 aromatic heterocycles. The van der Waals surface area contributed by atoms with Crippen molar-refractivity contribution in [3.05, 3.63) is 41.5 Å². The molecule has 0 unspecified atom stereocenters. The number of hydrogen-bond donors (Lipinski definition) is 0. The lowest BCUT2D eigenvalue weighted by Gasteiger charge is -2.01. The number of hydrogen-bond acceptors (Lipinski definition) is 5. The van der Waals surface area contributed by atoms with E-state index >= 15 is 0 Å². The van der Waals surface area contributed by atoms with Crippen LogP contribution in [0.25, 0.3) is 16.9 Å². The van der Waals surface area contributed by atoms with Gasteiger partial charge < -0.3 is 4.74 Å². The molecule has 2 aromatic rings. The van der Waals surface area contributed by atoms with E-state index in [-0.39, 0.29) is 5.28 Å². The molecule has 2 heterocycles. The number of fused-ring (bicyclic) bond motifs is 1. The van der Waals surface area contributed by atoms with Gasteiger partial charge in [-0.2, -0.15) is 4.98 Å². The molecule has 20 heavy (non-hydrogen) atoms. The van der Waals surface area contributed by atoms with Crippen molar-refractivity contribution in [1.29, 1.82) is 0 Å². The zero-order chi connectivity index (χ0) is 13.9. The van der Waals surface area contributed by atoms with Gasteiger partial charge in [0.1, 0.15) is 12.7 Å². The van der Waals surface area contributed by atoms with Crippen LogP contribution in [0.3, 0.4) is 0 Å². The summed E-state index contributed by atoms with van der Waals surface area (Å²) in [6, 6.07) is 0. The van der Waals surface area contributed by atoms with Crippen LogP contribution >= 0.6 is 27.5 Å². The summed E-state index contributed by atoms with van der Waals surface area (Å²) in [4.78, 5) is 7.99. The van der Waals surface area contributed by atoms with Gasteiger partial charge >= 0.3 is 0 Å². The molecule has 0 amide bonds. The highest BCUT2D eigenvalue weighted by molar-refractivity contribution is 9.09. The van der Waals surface area contributed by atoms with Crippen LogP contribution in [0.4, 0.5) is 0 Å². The minimum absolute atomic E-state index is 0.155. The van der Waals surface area contributed by atoms with E-state index in [2.05, 4.69) is 42.3 Å². The highest BCUT2D eigenvalue weighted by Gasteiger charge is 2.17. The smallest absolute Gasteiger partial charge is 0.289 e. The molecule has 0 N–H and O–H groups in total. The summed E-state index contributed by atoms with van der Waals surface area (Å²) in [5, 5.41) is 8.95. The summed E-state index contributed by atoms with van der Waals surface area (Å²) >= 11 is 9.09. The van der Waals surface area contributed by atoms with Crippen molar-refractivity contribution < 1.29 is 4.74 Å². The van der Waals surface area contributed by atoms with Crippen molar-refractivity contribution in [2.75, 3.05) is 11.9 Å². The molecule has 0 radical (unpaired) electrons. The van der Waals surface area contributed by atoms with Gasteiger partial charge in [0.05, 0.1) is 24.4 Å². The molecule has 100 valence electrons. The van der Waals surface area contributed by atoms with Gasteiger partial charge in [-0.15, -0.1) is 9.78 Å². The monoisotopic (exact) mass is 352 g/mol. The van der Waals surface area contributed by atoms with Gasteiger partial charge in [0, 0.05) is 5.33 Å². The Morgan fingerprint density at radius 1 is 1.40 bits per heavy atom. The predicted molar refractivity (Wildman–Crippen MR) is 78.0 cm³/mol. The zero-order valence-electron chi connectivity index (χ0n) is 10.1. The van der Waals surface area contributed by atoms with Crippen molar-refractivity contribution in [3.8, 4) is 0 Å². The van der Waals surface area contributed by atoms with Crippen LogP contribution in [-0.2, 0) is 4.74 Å². The molecule has 0 atom stereocenters. The molecule has 1 aliphatic rings. The van der Waals surface area contributed by atoms with Crippen molar-refractivity contribution in [2.24, 2.45) is 0 Å². The third-order valence-electron chi connectivity index (χ3n) is 2.51. The predicted octanol–water partition coefficient (Wildman–Crippen LogP) is 2.38. The SMILES string of the molecule is Clc1ncc2nnn(C3=C[C+]=C(OCCBr)C=C3)c2n1. The number of halogens is 2. The second-order valence-electron chi connectivity index (χ2n) is 3.80. The second-order valence-corrected chi connectivity index (χ2v) is 4.93. The van der Waals surface area contributed by atoms with Crippen LogP contribution in [-0.4, -0.2) is 36.9 Å². The highest BCUT2D eigenvalue weighted by atomic mass is 79.9. The summed E-state index contributed by atoms with van der Waals surface area (Å²) in [6.45, 7) is 0.588. The van der Waals surface area contributed by atoms with E-state index in [0.717, 1.165) is 11.0 Å². The molecule has 0 saturated heterocycles. The first-order chi connectivity index (χ1) is 9.78. The third-order valence-corrected chi connectivity index (χ3v) is 3.02. The maximum Gasteiger partial charge on any atom is 0.289 e. The van der Waals surface area contributed by atoms with Crippen LogP contribution in [0.1, 0.15) is 0 Å². The summed E-state index contributed by atoms with van der Waals surface area (Å²) in [7, 11) is 0. The van der Waals surface area contributed by atoms with Gasteiger partial charge in [-0.1, -0.05) is 15.9 Å². The Morgan fingerprint density at radius 3 is 3.05 bits per heavy atom. The molecule has 0 aromatic carbocycles. The Kier molecular flexibility index (Phi) is 3.73. The first-order valence-corrected chi connectivity index (χ1v) is 7.23. The maximum absolute atomic E-state index is 5.79. The fourth-order valence-corrected chi connectivity index (χ4v) is 1.94. The number of rotatable bonds is 4. The Balaban J connectivity index is 1.93. The normalized spacial score (nSPS) is 13.9. The molecular formula is C12H8BrClN5O+. The molecule has 0 fully saturated rings.